The van der Waals surface area contributed by atoms with E-state index in [1.54, 1.807) is 0 Å². The molecule has 5 nitrogen and oxygen atoms in total. The summed E-state index contributed by atoms with van der Waals surface area (Å²) in [4.78, 5) is 13.0. The maximum absolute atomic E-state index is 10.1. The summed E-state index contributed by atoms with van der Waals surface area (Å²) in [6.07, 6.45) is 3.00. The van der Waals surface area contributed by atoms with Crippen molar-refractivity contribution in [2.24, 2.45) is 4.99 Å². The Morgan fingerprint density at radius 2 is 2.50 bits per heavy atom. The molecular weight excluding hydrogens is 134 g/mol. The van der Waals surface area contributed by atoms with Crippen LogP contribution in [0.3, 0.4) is 0 Å². The fourth-order valence-electron chi connectivity index (χ4n) is 0.612. The molecule has 0 aromatic carbocycles. The largest absolute Gasteiger partial charge is 0.345 e. The van der Waals surface area contributed by atoms with Gasteiger partial charge in [0.25, 0.3) is 0 Å². The number of hydrogen-bond acceptors (Lipinski definition) is 4. The average Bonchev–Trinajstić information content (AvgIpc) is 1.88. The monoisotopic (exact) mass is 139 g/mol. The Labute approximate surface area is 56.7 Å². The van der Waals surface area contributed by atoms with Gasteiger partial charge in [0.15, 0.2) is 0 Å². The normalized spacial score (nSPS) is 23.2. The van der Waals surface area contributed by atoms with Crippen molar-refractivity contribution in [1.82, 2.24) is 0 Å². The van der Waals surface area contributed by atoms with Crippen LogP contribution in [0.5, 0.6) is 0 Å². The van der Waals surface area contributed by atoms with E-state index in [0.29, 0.717) is 0 Å². The molecule has 1 atom stereocenters. The number of nitrogens with zero attached hydrogens (tertiary/aromatic N) is 2. The molecule has 1 heterocycles. The van der Waals surface area contributed by atoms with Gasteiger partial charge >= 0.3 is 6.17 Å². The number of rotatable bonds is 1. The minimum Gasteiger partial charge on any atom is -0.296 e. The number of nitrogens with one attached hydrogen (secondary N) is 1. The Balaban J connectivity index is 2.80. The van der Waals surface area contributed by atoms with Crippen molar-refractivity contribution in [2.45, 2.75) is 6.17 Å². The fourth-order valence-corrected chi connectivity index (χ4v) is 0.612. The van der Waals surface area contributed by atoms with E-state index in [9.17, 15) is 10.1 Å². The first kappa shape index (κ1) is 6.60. The van der Waals surface area contributed by atoms with Crippen LogP contribution in [0.15, 0.2) is 17.1 Å². The minimum absolute atomic E-state index is 0.0764. The summed E-state index contributed by atoms with van der Waals surface area (Å²) >= 11 is 0. The lowest BCUT2D eigenvalue weighted by Crippen LogP contribution is -2.27. The molecule has 5 heteroatoms. The zero-order valence-corrected chi connectivity index (χ0v) is 5.02. The van der Waals surface area contributed by atoms with Gasteiger partial charge in [-0.1, -0.05) is 0 Å². The summed E-state index contributed by atoms with van der Waals surface area (Å²) in [5.41, 5.74) is -0.0764. The molecule has 1 aliphatic rings. The maximum Gasteiger partial charge on any atom is 0.345 e. The Morgan fingerprint density at radius 3 is 2.90 bits per heavy atom. The van der Waals surface area contributed by atoms with Crippen molar-refractivity contribution in [3.05, 3.63) is 22.3 Å². The Hall–Kier alpha value is -1.52. The topological polar surface area (TPSA) is 79.3 Å². The molecule has 0 fully saturated rings. The molecule has 0 aromatic heterocycles. The van der Waals surface area contributed by atoms with Crippen LogP contribution in [-0.2, 0) is 0 Å². The molecule has 1 unspecified atom stereocenters. The lowest BCUT2D eigenvalue weighted by molar-refractivity contribution is -0.500. The lowest BCUT2D eigenvalue weighted by Gasteiger charge is -2.03. The molecule has 0 saturated carbocycles. The molecule has 1 rings (SSSR count). The van der Waals surface area contributed by atoms with Crippen LogP contribution >= 0.6 is 0 Å². The van der Waals surface area contributed by atoms with Gasteiger partial charge in [-0.25, -0.2) is 4.99 Å². The van der Waals surface area contributed by atoms with E-state index in [-0.39, 0.29) is 5.71 Å². The summed E-state index contributed by atoms with van der Waals surface area (Å²) in [6, 6.07) is 0. The maximum atomic E-state index is 10.1. The number of allylic oxidation sites excluding steroid dienone is 1. The van der Waals surface area contributed by atoms with Gasteiger partial charge in [-0.3, -0.25) is 15.5 Å². The quantitative estimate of drug-likeness (QED) is 0.417. The van der Waals surface area contributed by atoms with Crippen LogP contribution in [0.4, 0.5) is 0 Å². The Kier molecular flexibility index (Phi) is 1.57. The molecule has 0 radical (unpaired) electrons. The second kappa shape index (κ2) is 2.38. The molecule has 1 aliphatic heterocycles. The van der Waals surface area contributed by atoms with Gasteiger partial charge < -0.3 is 0 Å². The number of aliphatic imine (C=N–C) groups is 1. The van der Waals surface area contributed by atoms with Gasteiger partial charge in [-0.05, 0) is 12.2 Å². The molecule has 0 saturated heterocycles. The Bertz CT molecular complexity index is 231. The van der Waals surface area contributed by atoms with Crippen molar-refractivity contribution in [1.29, 1.82) is 5.41 Å². The molecule has 0 spiro atoms. The molecule has 0 aliphatic carbocycles. The summed E-state index contributed by atoms with van der Waals surface area (Å²) in [7, 11) is 0. The first-order valence-electron chi connectivity index (χ1n) is 2.63. The van der Waals surface area contributed by atoms with E-state index in [1.165, 1.54) is 18.4 Å². The van der Waals surface area contributed by atoms with E-state index in [2.05, 4.69) is 4.99 Å². The minimum atomic E-state index is -1.19. The Morgan fingerprint density at radius 1 is 1.80 bits per heavy atom. The molecule has 10 heavy (non-hydrogen) atoms. The van der Waals surface area contributed by atoms with E-state index >= 15 is 0 Å². The van der Waals surface area contributed by atoms with Crippen LogP contribution in [0.2, 0.25) is 0 Å². The zero-order valence-electron chi connectivity index (χ0n) is 5.02. The van der Waals surface area contributed by atoms with Gasteiger partial charge in [0, 0.05) is 6.21 Å². The molecule has 0 bridgehead atoms. The van der Waals surface area contributed by atoms with Gasteiger partial charge in [-0.15, -0.1) is 0 Å². The summed E-state index contributed by atoms with van der Waals surface area (Å²) in [5, 5.41) is 17.1. The van der Waals surface area contributed by atoms with Crippen molar-refractivity contribution in [3.63, 3.8) is 0 Å². The smallest absolute Gasteiger partial charge is 0.296 e. The third-order valence-corrected chi connectivity index (χ3v) is 1.07. The lowest BCUT2D eigenvalue weighted by atomic mass is 10.2. The number of hydrogen-bond donors (Lipinski definition) is 1. The van der Waals surface area contributed by atoms with E-state index < -0.39 is 11.1 Å². The fraction of sp³-hybridized carbons (Fsp3) is 0.200. The molecule has 52 valence electrons. The molecule has 0 amide bonds. The standard InChI is InChI=1S/C5H5N3O2/c6-4-2-1-3-7-5(4)8(9)10/h1-3,5-6H. The summed E-state index contributed by atoms with van der Waals surface area (Å²) in [5.74, 6) is 0. The SMILES string of the molecule is N=C1C=CC=NC1[N+](=O)[O-]. The molecule has 0 aromatic rings. The average molecular weight is 139 g/mol. The van der Waals surface area contributed by atoms with Crippen LogP contribution in [0.25, 0.3) is 0 Å². The molecule has 1 N–H and O–H groups in total. The van der Waals surface area contributed by atoms with Crippen molar-refractivity contribution in [2.75, 3.05) is 0 Å². The van der Waals surface area contributed by atoms with Gasteiger partial charge in [0.05, 0.1) is 4.92 Å². The van der Waals surface area contributed by atoms with Gasteiger partial charge in [0.2, 0.25) is 0 Å². The van der Waals surface area contributed by atoms with E-state index in [0.717, 1.165) is 0 Å². The first-order valence-corrected chi connectivity index (χ1v) is 2.63. The predicted octanol–water partition coefficient (Wildman–Crippen LogP) is 0.250. The highest BCUT2D eigenvalue weighted by Crippen LogP contribution is 1.99. The third kappa shape index (κ3) is 1.07. The third-order valence-electron chi connectivity index (χ3n) is 1.07. The molecular formula is C5H5N3O2. The number of nitro groups is 1. The zero-order chi connectivity index (χ0) is 7.56. The van der Waals surface area contributed by atoms with Crippen LogP contribution in [0.1, 0.15) is 0 Å². The van der Waals surface area contributed by atoms with Crippen molar-refractivity contribution >= 4 is 11.9 Å². The summed E-state index contributed by atoms with van der Waals surface area (Å²) < 4.78 is 0. The second-order valence-electron chi connectivity index (χ2n) is 1.77. The number of dihydropyridines is 1. The van der Waals surface area contributed by atoms with Crippen molar-refractivity contribution in [3.8, 4) is 0 Å². The highest BCUT2D eigenvalue weighted by molar-refractivity contribution is 6.01. The second-order valence-corrected chi connectivity index (χ2v) is 1.77. The van der Waals surface area contributed by atoms with E-state index in [4.69, 9.17) is 5.41 Å². The highest BCUT2D eigenvalue weighted by Gasteiger charge is 2.22. The van der Waals surface area contributed by atoms with Gasteiger partial charge in [-0.2, -0.15) is 0 Å². The summed E-state index contributed by atoms with van der Waals surface area (Å²) in [6.45, 7) is 0. The van der Waals surface area contributed by atoms with E-state index in [1.807, 2.05) is 0 Å². The predicted molar refractivity (Wildman–Crippen MR) is 36.1 cm³/mol. The van der Waals surface area contributed by atoms with Crippen LogP contribution < -0.4 is 0 Å². The first-order chi connectivity index (χ1) is 4.72. The van der Waals surface area contributed by atoms with Crippen molar-refractivity contribution < 1.29 is 4.92 Å². The van der Waals surface area contributed by atoms with Gasteiger partial charge in [0.1, 0.15) is 5.71 Å². The van der Waals surface area contributed by atoms with Crippen LogP contribution in [-0.4, -0.2) is 23.0 Å². The van der Waals surface area contributed by atoms with Crippen LogP contribution in [0, 0.1) is 15.5 Å². The highest BCUT2D eigenvalue weighted by atomic mass is 16.6.